The third-order valence-electron chi connectivity index (χ3n) is 4.65. The van der Waals surface area contributed by atoms with E-state index in [9.17, 15) is 0 Å². The van der Waals surface area contributed by atoms with Crippen molar-refractivity contribution in [3.63, 3.8) is 0 Å². The number of benzene rings is 3. The zero-order chi connectivity index (χ0) is 21.5. The number of para-hydroxylation sites is 1. The molecular weight excluding hydrogens is 394 g/mol. The smallest absolute Gasteiger partial charge is 0.226 e. The van der Waals surface area contributed by atoms with Gasteiger partial charge in [0.05, 0.1) is 7.11 Å². The van der Waals surface area contributed by atoms with Crippen LogP contribution in [0.3, 0.4) is 0 Å². The van der Waals surface area contributed by atoms with Crippen molar-refractivity contribution in [2.75, 3.05) is 21.0 Å². The Morgan fingerprint density at radius 3 is 2.42 bits per heavy atom. The van der Waals surface area contributed by atoms with E-state index in [0.29, 0.717) is 35.4 Å². The molecule has 4 aromatic rings. The van der Waals surface area contributed by atoms with E-state index in [0.717, 1.165) is 16.7 Å². The maximum atomic E-state index is 6.00. The summed E-state index contributed by atoms with van der Waals surface area (Å²) in [6.45, 7) is 0.587. The summed E-state index contributed by atoms with van der Waals surface area (Å²) in [6.07, 6.45) is 1.61. The van der Waals surface area contributed by atoms with Crippen LogP contribution in [0, 0.1) is 0 Å². The minimum Gasteiger partial charge on any atom is -0.493 e. The lowest BCUT2D eigenvalue weighted by Crippen LogP contribution is -2.00. The SMILES string of the molecule is COCOc1ccccc1-c1coc(-c2ccc(OC)c(OCc3ccccc3)c2)n1. The van der Waals surface area contributed by atoms with Crippen LogP contribution in [0.5, 0.6) is 17.2 Å². The molecule has 0 amide bonds. The standard InChI is InChI=1S/C25H23NO5/c1-27-17-31-22-11-7-6-10-20(22)21-16-30-25(26-21)19-12-13-23(28-2)24(14-19)29-15-18-8-4-3-5-9-18/h3-14,16H,15,17H2,1-2H3. The lowest BCUT2D eigenvalue weighted by Gasteiger charge is -2.11. The molecule has 0 saturated carbocycles. The first kappa shape index (κ1) is 20.5. The second-order valence-corrected chi connectivity index (χ2v) is 6.72. The van der Waals surface area contributed by atoms with Crippen LogP contribution in [-0.2, 0) is 11.3 Å². The molecule has 0 unspecified atom stereocenters. The van der Waals surface area contributed by atoms with Crippen molar-refractivity contribution < 1.29 is 23.4 Å². The van der Waals surface area contributed by atoms with Crippen LogP contribution in [-0.4, -0.2) is 26.0 Å². The van der Waals surface area contributed by atoms with Crippen molar-refractivity contribution in [2.24, 2.45) is 0 Å². The molecule has 0 spiro atoms. The molecule has 4 rings (SSSR count). The number of nitrogens with zero attached hydrogens (tertiary/aromatic N) is 1. The van der Waals surface area contributed by atoms with Gasteiger partial charge in [0.1, 0.15) is 24.3 Å². The van der Waals surface area contributed by atoms with E-state index < -0.39 is 0 Å². The van der Waals surface area contributed by atoms with Crippen molar-refractivity contribution in [2.45, 2.75) is 6.61 Å². The zero-order valence-corrected chi connectivity index (χ0v) is 17.4. The molecule has 0 N–H and O–H groups in total. The number of hydrogen-bond donors (Lipinski definition) is 0. The normalized spacial score (nSPS) is 10.6. The molecule has 158 valence electrons. The summed E-state index contributed by atoms with van der Waals surface area (Å²) in [7, 11) is 3.20. The van der Waals surface area contributed by atoms with Gasteiger partial charge in [-0.1, -0.05) is 42.5 Å². The van der Waals surface area contributed by atoms with E-state index >= 15 is 0 Å². The summed E-state index contributed by atoms with van der Waals surface area (Å²) in [5.41, 5.74) is 3.35. The van der Waals surface area contributed by atoms with Crippen molar-refractivity contribution in [1.82, 2.24) is 4.98 Å². The van der Waals surface area contributed by atoms with Crippen LogP contribution >= 0.6 is 0 Å². The predicted molar refractivity (Wildman–Crippen MR) is 117 cm³/mol. The topological polar surface area (TPSA) is 63.0 Å². The lowest BCUT2D eigenvalue weighted by atomic mass is 10.1. The Morgan fingerprint density at radius 2 is 1.61 bits per heavy atom. The monoisotopic (exact) mass is 417 g/mol. The molecule has 1 aromatic heterocycles. The number of aromatic nitrogens is 1. The molecule has 0 aliphatic rings. The molecule has 0 bridgehead atoms. The lowest BCUT2D eigenvalue weighted by molar-refractivity contribution is 0.0515. The summed E-state index contributed by atoms with van der Waals surface area (Å²) < 4.78 is 27.9. The van der Waals surface area contributed by atoms with E-state index in [1.807, 2.05) is 72.8 Å². The molecule has 0 radical (unpaired) electrons. The van der Waals surface area contributed by atoms with Gasteiger partial charge >= 0.3 is 0 Å². The average molecular weight is 417 g/mol. The molecule has 0 aliphatic heterocycles. The minimum absolute atomic E-state index is 0.155. The summed E-state index contributed by atoms with van der Waals surface area (Å²) in [5, 5.41) is 0. The molecular formula is C25H23NO5. The highest BCUT2D eigenvalue weighted by Crippen LogP contribution is 2.35. The first-order valence-electron chi connectivity index (χ1n) is 9.80. The zero-order valence-electron chi connectivity index (χ0n) is 17.4. The highest BCUT2D eigenvalue weighted by molar-refractivity contribution is 5.69. The van der Waals surface area contributed by atoms with Crippen molar-refractivity contribution in [3.05, 3.63) is 84.6 Å². The van der Waals surface area contributed by atoms with E-state index in [1.165, 1.54) is 0 Å². The summed E-state index contributed by atoms with van der Waals surface area (Å²) >= 11 is 0. The summed E-state index contributed by atoms with van der Waals surface area (Å²) in [6, 6.07) is 23.2. The molecule has 0 saturated heterocycles. The second-order valence-electron chi connectivity index (χ2n) is 6.72. The van der Waals surface area contributed by atoms with Gasteiger partial charge in [-0.05, 0) is 35.9 Å². The Balaban J connectivity index is 1.59. The summed E-state index contributed by atoms with van der Waals surface area (Å²) in [4.78, 5) is 4.65. The Labute approximate surface area is 181 Å². The molecule has 6 nitrogen and oxygen atoms in total. The van der Waals surface area contributed by atoms with Crippen molar-refractivity contribution >= 4 is 0 Å². The Hall–Kier alpha value is -3.77. The third-order valence-corrected chi connectivity index (χ3v) is 4.65. The maximum Gasteiger partial charge on any atom is 0.226 e. The van der Waals surface area contributed by atoms with Crippen LogP contribution < -0.4 is 14.2 Å². The quantitative estimate of drug-likeness (QED) is 0.331. The van der Waals surface area contributed by atoms with E-state index in [-0.39, 0.29) is 6.79 Å². The maximum absolute atomic E-state index is 6.00. The molecule has 1 heterocycles. The first-order chi connectivity index (χ1) is 15.3. The fraction of sp³-hybridized carbons (Fsp3) is 0.160. The van der Waals surface area contributed by atoms with Crippen LogP contribution in [0.15, 0.2) is 83.5 Å². The van der Waals surface area contributed by atoms with Gasteiger partial charge in [-0.3, -0.25) is 0 Å². The number of rotatable bonds is 9. The van der Waals surface area contributed by atoms with Crippen LogP contribution in [0.2, 0.25) is 0 Å². The van der Waals surface area contributed by atoms with Crippen LogP contribution in [0.4, 0.5) is 0 Å². The fourth-order valence-corrected chi connectivity index (χ4v) is 3.11. The second kappa shape index (κ2) is 9.82. The van der Waals surface area contributed by atoms with Gasteiger partial charge in [-0.25, -0.2) is 4.98 Å². The highest BCUT2D eigenvalue weighted by Gasteiger charge is 2.15. The van der Waals surface area contributed by atoms with Gasteiger partial charge in [0.15, 0.2) is 18.3 Å². The van der Waals surface area contributed by atoms with E-state index in [4.69, 9.17) is 23.4 Å². The van der Waals surface area contributed by atoms with Gasteiger partial charge in [-0.2, -0.15) is 0 Å². The Kier molecular flexibility index (Phi) is 6.50. The van der Waals surface area contributed by atoms with Crippen molar-refractivity contribution in [3.8, 4) is 40.0 Å². The van der Waals surface area contributed by atoms with Gasteiger partial charge in [0, 0.05) is 18.2 Å². The van der Waals surface area contributed by atoms with Crippen molar-refractivity contribution in [1.29, 1.82) is 0 Å². The van der Waals surface area contributed by atoms with E-state index in [2.05, 4.69) is 4.98 Å². The first-order valence-corrected chi connectivity index (χ1v) is 9.80. The fourth-order valence-electron chi connectivity index (χ4n) is 3.11. The minimum atomic E-state index is 0.155. The average Bonchev–Trinajstić information content (AvgIpc) is 3.32. The van der Waals surface area contributed by atoms with Crippen LogP contribution in [0.1, 0.15) is 5.56 Å². The van der Waals surface area contributed by atoms with E-state index in [1.54, 1.807) is 20.5 Å². The Morgan fingerprint density at radius 1 is 0.806 bits per heavy atom. The largest absolute Gasteiger partial charge is 0.493 e. The number of ether oxygens (including phenoxy) is 4. The number of hydrogen-bond acceptors (Lipinski definition) is 6. The Bertz CT molecular complexity index is 1120. The van der Waals surface area contributed by atoms with Gasteiger partial charge < -0.3 is 23.4 Å². The predicted octanol–water partition coefficient (Wildman–Crippen LogP) is 5.58. The molecule has 6 heteroatoms. The highest BCUT2D eigenvalue weighted by atomic mass is 16.7. The molecule has 3 aromatic carbocycles. The molecule has 0 fully saturated rings. The third kappa shape index (κ3) is 4.87. The number of oxazole rings is 1. The van der Waals surface area contributed by atoms with Gasteiger partial charge in [-0.15, -0.1) is 0 Å². The van der Waals surface area contributed by atoms with Crippen LogP contribution in [0.25, 0.3) is 22.7 Å². The van der Waals surface area contributed by atoms with Gasteiger partial charge in [0.25, 0.3) is 0 Å². The molecule has 0 aliphatic carbocycles. The molecule has 31 heavy (non-hydrogen) atoms. The number of methoxy groups -OCH3 is 2. The molecule has 0 atom stereocenters. The summed E-state index contributed by atoms with van der Waals surface area (Å²) in [5.74, 6) is 2.41. The van der Waals surface area contributed by atoms with Gasteiger partial charge in [0.2, 0.25) is 5.89 Å².